The van der Waals surface area contributed by atoms with Crippen LogP contribution < -0.4 is 9.80 Å². The van der Waals surface area contributed by atoms with Crippen LogP contribution in [0.4, 0.5) is 25.0 Å². The number of rotatable bonds is 2. The fourth-order valence-electron chi connectivity index (χ4n) is 2.88. The zero-order valence-corrected chi connectivity index (χ0v) is 13.2. The molecule has 0 N–H and O–H groups in total. The topological polar surface area (TPSA) is 45.4 Å². The van der Waals surface area contributed by atoms with Crippen molar-refractivity contribution in [3.8, 4) is 0 Å². The summed E-state index contributed by atoms with van der Waals surface area (Å²) in [4.78, 5) is 12.0. The number of para-hydroxylation sites is 2. The molecular formula is C17H15F3N4O. The minimum atomic E-state index is -4.43. The molecule has 1 aliphatic heterocycles. The van der Waals surface area contributed by atoms with E-state index in [1.54, 1.807) is 6.07 Å². The van der Waals surface area contributed by atoms with Gasteiger partial charge in [-0.25, -0.2) is 4.98 Å². The van der Waals surface area contributed by atoms with Gasteiger partial charge in [-0.1, -0.05) is 18.2 Å². The van der Waals surface area contributed by atoms with Gasteiger partial charge in [0.25, 0.3) is 6.01 Å². The monoisotopic (exact) mass is 348 g/mol. The molecule has 3 aromatic rings. The van der Waals surface area contributed by atoms with Crippen LogP contribution in [0, 0.1) is 0 Å². The smallest absolute Gasteiger partial charge is 0.423 e. The molecular weight excluding hydrogens is 333 g/mol. The van der Waals surface area contributed by atoms with Gasteiger partial charge >= 0.3 is 6.18 Å². The molecule has 0 spiro atoms. The summed E-state index contributed by atoms with van der Waals surface area (Å²) in [5.74, 6) is 0.340. The van der Waals surface area contributed by atoms with E-state index < -0.39 is 11.9 Å². The zero-order chi connectivity index (χ0) is 17.4. The summed E-state index contributed by atoms with van der Waals surface area (Å²) in [6, 6.07) is 12.0. The highest BCUT2D eigenvalue weighted by Gasteiger charge is 2.33. The number of piperazine rings is 1. The molecule has 0 amide bonds. The summed E-state index contributed by atoms with van der Waals surface area (Å²) in [6.07, 6.45) is -4.43. The van der Waals surface area contributed by atoms with Crippen molar-refractivity contribution in [3.05, 3.63) is 48.2 Å². The number of aromatic nitrogens is 2. The van der Waals surface area contributed by atoms with Gasteiger partial charge in [-0.15, -0.1) is 0 Å². The number of pyridine rings is 1. The van der Waals surface area contributed by atoms with Gasteiger partial charge in [0, 0.05) is 26.2 Å². The lowest BCUT2D eigenvalue weighted by atomic mass is 10.3. The molecule has 8 heteroatoms. The lowest BCUT2D eigenvalue weighted by Gasteiger charge is -2.34. The van der Waals surface area contributed by atoms with Gasteiger partial charge in [0.15, 0.2) is 5.58 Å². The van der Waals surface area contributed by atoms with Crippen LogP contribution in [0.1, 0.15) is 5.69 Å². The minimum absolute atomic E-state index is 0.340. The van der Waals surface area contributed by atoms with E-state index in [1.165, 1.54) is 6.07 Å². The predicted octanol–water partition coefficient (Wildman–Crippen LogP) is 3.57. The minimum Gasteiger partial charge on any atom is -0.423 e. The van der Waals surface area contributed by atoms with E-state index in [-0.39, 0.29) is 0 Å². The summed E-state index contributed by atoms with van der Waals surface area (Å²) < 4.78 is 44.2. The van der Waals surface area contributed by atoms with Crippen molar-refractivity contribution in [3.63, 3.8) is 0 Å². The van der Waals surface area contributed by atoms with Gasteiger partial charge in [0.2, 0.25) is 0 Å². The Labute approximate surface area is 141 Å². The Morgan fingerprint density at radius 1 is 0.840 bits per heavy atom. The Hall–Kier alpha value is -2.77. The molecule has 0 bridgehead atoms. The maximum atomic E-state index is 12.8. The van der Waals surface area contributed by atoms with E-state index in [4.69, 9.17) is 4.42 Å². The van der Waals surface area contributed by atoms with Crippen molar-refractivity contribution in [2.24, 2.45) is 0 Å². The van der Waals surface area contributed by atoms with Crippen LogP contribution in [0.15, 0.2) is 46.9 Å². The Bertz CT molecular complexity index is 852. The van der Waals surface area contributed by atoms with Gasteiger partial charge < -0.3 is 14.2 Å². The highest BCUT2D eigenvalue weighted by Crippen LogP contribution is 2.29. The first-order valence-electron chi connectivity index (χ1n) is 7.90. The summed E-state index contributed by atoms with van der Waals surface area (Å²) in [5, 5.41) is 0. The molecule has 2 aromatic heterocycles. The van der Waals surface area contributed by atoms with Crippen molar-refractivity contribution in [1.29, 1.82) is 0 Å². The second kappa shape index (κ2) is 5.94. The fraction of sp³-hybridized carbons (Fsp3) is 0.294. The van der Waals surface area contributed by atoms with Gasteiger partial charge in [0.05, 0.1) is 0 Å². The van der Waals surface area contributed by atoms with Crippen LogP contribution in [-0.2, 0) is 6.18 Å². The largest absolute Gasteiger partial charge is 0.433 e. The second-order valence-electron chi connectivity index (χ2n) is 5.82. The van der Waals surface area contributed by atoms with Crippen LogP contribution in [0.3, 0.4) is 0 Å². The molecule has 0 saturated carbocycles. The third kappa shape index (κ3) is 3.11. The van der Waals surface area contributed by atoms with Gasteiger partial charge in [-0.2, -0.15) is 18.2 Å². The van der Waals surface area contributed by atoms with E-state index in [0.29, 0.717) is 38.0 Å². The number of anilines is 2. The molecule has 5 nitrogen and oxygen atoms in total. The number of benzene rings is 1. The first kappa shape index (κ1) is 15.7. The molecule has 0 radical (unpaired) electrons. The predicted molar refractivity (Wildman–Crippen MR) is 87.7 cm³/mol. The Balaban J connectivity index is 1.48. The Kier molecular flexibility index (Phi) is 3.74. The quantitative estimate of drug-likeness (QED) is 0.708. The molecule has 1 fully saturated rings. The summed E-state index contributed by atoms with van der Waals surface area (Å²) in [7, 11) is 0. The van der Waals surface area contributed by atoms with E-state index >= 15 is 0 Å². The number of alkyl halides is 3. The number of oxazole rings is 1. The van der Waals surface area contributed by atoms with Gasteiger partial charge in [-0.05, 0) is 24.3 Å². The molecule has 3 heterocycles. The Morgan fingerprint density at radius 3 is 2.28 bits per heavy atom. The van der Waals surface area contributed by atoms with Crippen LogP contribution in [0.25, 0.3) is 11.1 Å². The third-order valence-electron chi connectivity index (χ3n) is 4.18. The molecule has 0 atom stereocenters. The maximum absolute atomic E-state index is 12.8. The average Bonchev–Trinajstić information content (AvgIpc) is 3.05. The highest BCUT2D eigenvalue weighted by molar-refractivity contribution is 5.74. The maximum Gasteiger partial charge on any atom is 0.433 e. The standard InChI is InChI=1S/C17H15F3N4O/c18-17(19,20)14-6-3-7-15(22-14)23-8-10-24(11-9-23)16-21-12-4-1-2-5-13(12)25-16/h1-7H,8-11H2. The number of fused-ring (bicyclic) bond motifs is 1. The normalized spacial score (nSPS) is 15.8. The number of hydrogen-bond donors (Lipinski definition) is 0. The summed E-state index contributed by atoms with van der Waals surface area (Å²) in [5.41, 5.74) is 0.644. The van der Waals surface area contributed by atoms with Crippen molar-refractivity contribution < 1.29 is 17.6 Å². The number of halogens is 3. The molecule has 25 heavy (non-hydrogen) atoms. The van der Waals surface area contributed by atoms with Gasteiger partial charge in [0.1, 0.15) is 17.0 Å². The lowest BCUT2D eigenvalue weighted by Crippen LogP contribution is -2.47. The molecule has 0 aliphatic carbocycles. The second-order valence-corrected chi connectivity index (χ2v) is 5.82. The summed E-state index contributed by atoms with van der Waals surface area (Å²) >= 11 is 0. The first-order valence-corrected chi connectivity index (χ1v) is 7.90. The average molecular weight is 348 g/mol. The molecule has 1 saturated heterocycles. The van der Waals surface area contributed by atoms with E-state index in [1.807, 2.05) is 34.1 Å². The number of nitrogens with zero attached hydrogens (tertiary/aromatic N) is 4. The van der Waals surface area contributed by atoms with Gasteiger partial charge in [-0.3, -0.25) is 0 Å². The first-order chi connectivity index (χ1) is 12.0. The van der Waals surface area contributed by atoms with E-state index in [0.717, 1.165) is 17.2 Å². The van der Waals surface area contributed by atoms with Crippen molar-refractivity contribution in [2.75, 3.05) is 36.0 Å². The van der Waals surface area contributed by atoms with Crippen LogP contribution in [-0.4, -0.2) is 36.1 Å². The van der Waals surface area contributed by atoms with E-state index in [9.17, 15) is 13.2 Å². The lowest BCUT2D eigenvalue weighted by molar-refractivity contribution is -0.141. The SMILES string of the molecule is FC(F)(F)c1cccc(N2CCN(c3nc4ccccc4o3)CC2)n1. The molecule has 0 unspecified atom stereocenters. The molecule has 130 valence electrons. The van der Waals surface area contributed by atoms with Crippen LogP contribution in [0.5, 0.6) is 0 Å². The third-order valence-corrected chi connectivity index (χ3v) is 4.18. The zero-order valence-electron chi connectivity index (χ0n) is 13.2. The Morgan fingerprint density at radius 2 is 1.56 bits per heavy atom. The fourth-order valence-corrected chi connectivity index (χ4v) is 2.88. The van der Waals surface area contributed by atoms with Crippen molar-refractivity contribution in [2.45, 2.75) is 6.18 Å². The van der Waals surface area contributed by atoms with Crippen molar-refractivity contribution >= 4 is 22.9 Å². The highest BCUT2D eigenvalue weighted by atomic mass is 19.4. The molecule has 1 aromatic carbocycles. The van der Waals surface area contributed by atoms with E-state index in [2.05, 4.69) is 9.97 Å². The molecule has 1 aliphatic rings. The van der Waals surface area contributed by atoms with Crippen LogP contribution >= 0.6 is 0 Å². The molecule has 4 rings (SSSR count). The van der Waals surface area contributed by atoms with Crippen molar-refractivity contribution in [1.82, 2.24) is 9.97 Å². The van der Waals surface area contributed by atoms with Crippen LogP contribution in [0.2, 0.25) is 0 Å². The summed E-state index contributed by atoms with van der Waals surface area (Å²) in [6.45, 7) is 2.30. The number of hydrogen-bond acceptors (Lipinski definition) is 5.